The molecule has 0 heterocycles. The van der Waals surface area contributed by atoms with E-state index in [1.807, 2.05) is 0 Å². The number of unbranched alkanes of at least 4 members (excludes halogenated alkanes) is 32. The van der Waals surface area contributed by atoms with Crippen molar-refractivity contribution in [2.75, 3.05) is 13.2 Å². The lowest BCUT2D eigenvalue weighted by molar-refractivity contribution is -0.167. The second-order valence-corrected chi connectivity index (χ2v) is 20.2. The van der Waals surface area contributed by atoms with Crippen LogP contribution < -0.4 is 0 Å². The molecule has 0 aromatic heterocycles. The van der Waals surface area contributed by atoms with Crippen LogP contribution in [0.1, 0.15) is 303 Å². The van der Waals surface area contributed by atoms with Gasteiger partial charge >= 0.3 is 17.9 Å². The van der Waals surface area contributed by atoms with Gasteiger partial charge in [0.15, 0.2) is 6.10 Å². The molecule has 0 aliphatic rings. The molecule has 0 saturated carbocycles. The average Bonchev–Trinajstić information content (AvgIpc) is 3.37. The molecule has 0 unspecified atom stereocenters. The predicted octanol–water partition coefficient (Wildman–Crippen LogP) is 20.5. The summed E-state index contributed by atoms with van der Waals surface area (Å²) in [6.45, 7) is 6.59. The number of carbonyl (C=O) groups excluding carboxylic acids is 3. The molecule has 0 bridgehead atoms. The summed E-state index contributed by atoms with van der Waals surface area (Å²) in [7, 11) is 0. The first-order chi connectivity index (χ1) is 35.0. The standard InChI is InChI=1S/C65H114O6/c1-4-7-10-13-16-19-22-25-28-30-32-34-37-39-42-45-48-51-54-57-63(66)69-60-62(71-65(68)59-56-53-50-47-44-41-36-27-24-21-18-15-12-9-6-3)61-70-64(67)58-55-52-49-46-43-40-38-35-33-31-29-26-23-20-17-14-11-8-5-2/h16,19,25-29,32,34,36,39,42,62H,4-15,17-18,20-24,30-31,33,35,37-38,40-41,43-61H2,1-3H3/b19-16-,28-25-,29-26-,34-32-,36-27-,42-39-/t62-/m1/s1. The van der Waals surface area contributed by atoms with Crippen molar-refractivity contribution in [3.8, 4) is 0 Å². The predicted molar refractivity (Wildman–Crippen MR) is 307 cm³/mol. The van der Waals surface area contributed by atoms with E-state index in [0.717, 1.165) is 96.3 Å². The Morgan fingerprint density at radius 1 is 0.282 bits per heavy atom. The SMILES string of the molecule is CCCCC/C=C\C/C=C\C/C=C\C/C=C\CCCCCC(=O)OC[C@H](COC(=O)CCCCCCCCCCC/C=C\CCCCCCCC)OC(=O)CCCCCCC/C=C\CCCCCCCC. The Labute approximate surface area is 440 Å². The van der Waals surface area contributed by atoms with Crippen LogP contribution in [0.5, 0.6) is 0 Å². The maximum atomic E-state index is 12.9. The smallest absolute Gasteiger partial charge is 0.306 e. The molecule has 6 heteroatoms. The fraction of sp³-hybridized carbons (Fsp3) is 0.769. The van der Waals surface area contributed by atoms with Crippen LogP contribution in [-0.2, 0) is 28.6 Å². The van der Waals surface area contributed by atoms with E-state index >= 15 is 0 Å². The summed E-state index contributed by atoms with van der Waals surface area (Å²) >= 11 is 0. The summed E-state index contributed by atoms with van der Waals surface area (Å²) in [6, 6.07) is 0. The van der Waals surface area contributed by atoms with E-state index in [1.54, 1.807) is 0 Å². The Morgan fingerprint density at radius 3 is 0.845 bits per heavy atom. The lowest BCUT2D eigenvalue weighted by Crippen LogP contribution is -2.30. The monoisotopic (exact) mass is 991 g/mol. The molecule has 0 N–H and O–H groups in total. The van der Waals surface area contributed by atoms with Gasteiger partial charge in [-0.2, -0.15) is 0 Å². The lowest BCUT2D eigenvalue weighted by Gasteiger charge is -2.18. The maximum absolute atomic E-state index is 12.9. The number of hydrogen-bond donors (Lipinski definition) is 0. The summed E-state index contributed by atoms with van der Waals surface area (Å²) in [6.07, 6.45) is 76.1. The van der Waals surface area contributed by atoms with E-state index in [2.05, 4.69) is 93.7 Å². The van der Waals surface area contributed by atoms with E-state index in [1.165, 1.54) is 167 Å². The van der Waals surface area contributed by atoms with Gasteiger partial charge in [-0.15, -0.1) is 0 Å². The number of ether oxygens (including phenoxy) is 3. The molecule has 0 aromatic rings. The molecule has 0 saturated heterocycles. The van der Waals surface area contributed by atoms with Crippen molar-refractivity contribution in [2.24, 2.45) is 0 Å². The number of rotatable bonds is 55. The van der Waals surface area contributed by atoms with Crippen molar-refractivity contribution < 1.29 is 28.6 Å². The van der Waals surface area contributed by atoms with E-state index in [9.17, 15) is 14.4 Å². The third-order valence-electron chi connectivity index (χ3n) is 13.2. The molecule has 0 fully saturated rings. The molecule has 0 amide bonds. The van der Waals surface area contributed by atoms with Crippen LogP contribution in [0.4, 0.5) is 0 Å². The fourth-order valence-electron chi connectivity index (χ4n) is 8.53. The zero-order valence-electron chi connectivity index (χ0n) is 47.0. The van der Waals surface area contributed by atoms with E-state index in [0.29, 0.717) is 19.3 Å². The van der Waals surface area contributed by atoms with Crippen molar-refractivity contribution in [3.05, 3.63) is 72.9 Å². The largest absolute Gasteiger partial charge is 0.462 e. The minimum atomic E-state index is -0.794. The van der Waals surface area contributed by atoms with Gasteiger partial charge in [0.1, 0.15) is 13.2 Å². The minimum Gasteiger partial charge on any atom is -0.462 e. The molecule has 0 rings (SSSR count). The topological polar surface area (TPSA) is 78.9 Å². The molecule has 0 radical (unpaired) electrons. The van der Waals surface area contributed by atoms with Gasteiger partial charge in [-0.1, -0.05) is 241 Å². The third-order valence-corrected chi connectivity index (χ3v) is 13.2. The summed E-state index contributed by atoms with van der Waals surface area (Å²) in [4.78, 5) is 38.2. The Bertz CT molecular complexity index is 1320. The van der Waals surface area contributed by atoms with Gasteiger partial charge in [0.25, 0.3) is 0 Å². The molecule has 1 atom stereocenters. The van der Waals surface area contributed by atoms with Crippen molar-refractivity contribution in [3.63, 3.8) is 0 Å². The quantitative estimate of drug-likeness (QED) is 0.0261. The van der Waals surface area contributed by atoms with Gasteiger partial charge in [0.2, 0.25) is 0 Å². The van der Waals surface area contributed by atoms with Crippen LogP contribution in [0, 0.1) is 0 Å². The van der Waals surface area contributed by atoms with Gasteiger partial charge in [0.05, 0.1) is 0 Å². The minimum absolute atomic E-state index is 0.0891. The number of hydrogen-bond acceptors (Lipinski definition) is 6. The van der Waals surface area contributed by atoms with Crippen LogP contribution >= 0.6 is 0 Å². The van der Waals surface area contributed by atoms with Gasteiger partial charge in [0, 0.05) is 19.3 Å². The van der Waals surface area contributed by atoms with Crippen LogP contribution in [-0.4, -0.2) is 37.2 Å². The molecule has 6 nitrogen and oxygen atoms in total. The highest BCUT2D eigenvalue weighted by Gasteiger charge is 2.19. The first-order valence-electron chi connectivity index (χ1n) is 30.4. The van der Waals surface area contributed by atoms with Crippen LogP contribution in [0.15, 0.2) is 72.9 Å². The summed E-state index contributed by atoms with van der Waals surface area (Å²) < 4.78 is 16.9. The fourth-order valence-corrected chi connectivity index (χ4v) is 8.53. The van der Waals surface area contributed by atoms with Gasteiger partial charge in [-0.25, -0.2) is 0 Å². The van der Waals surface area contributed by atoms with Gasteiger partial charge in [-0.05, 0) is 116 Å². The number of allylic oxidation sites excluding steroid dienone is 12. The molecule has 0 aromatic carbocycles. The van der Waals surface area contributed by atoms with E-state index in [4.69, 9.17) is 14.2 Å². The Balaban J connectivity index is 4.42. The highest BCUT2D eigenvalue weighted by molar-refractivity contribution is 5.71. The Kier molecular flexibility index (Phi) is 56.8. The summed E-state index contributed by atoms with van der Waals surface area (Å²) in [5.41, 5.74) is 0. The number of carbonyl (C=O) groups is 3. The average molecular weight is 992 g/mol. The first kappa shape index (κ1) is 67.8. The first-order valence-corrected chi connectivity index (χ1v) is 30.4. The second kappa shape index (κ2) is 59.4. The summed E-state index contributed by atoms with van der Waals surface area (Å²) in [5.74, 6) is -0.921. The molecular weight excluding hydrogens is 877 g/mol. The van der Waals surface area contributed by atoms with Crippen LogP contribution in [0.3, 0.4) is 0 Å². The zero-order valence-corrected chi connectivity index (χ0v) is 47.0. The van der Waals surface area contributed by atoms with Crippen LogP contribution in [0.25, 0.3) is 0 Å². The van der Waals surface area contributed by atoms with Crippen molar-refractivity contribution in [1.29, 1.82) is 0 Å². The van der Waals surface area contributed by atoms with Crippen LogP contribution in [0.2, 0.25) is 0 Å². The van der Waals surface area contributed by atoms with Gasteiger partial charge in [-0.3, -0.25) is 14.4 Å². The highest BCUT2D eigenvalue weighted by atomic mass is 16.6. The van der Waals surface area contributed by atoms with Crippen molar-refractivity contribution >= 4 is 17.9 Å². The number of esters is 3. The third kappa shape index (κ3) is 57.6. The Hall–Kier alpha value is -3.15. The molecule has 0 aliphatic heterocycles. The summed E-state index contributed by atoms with van der Waals surface area (Å²) in [5, 5.41) is 0. The van der Waals surface area contributed by atoms with Crippen molar-refractivity contribution in [1.82, 2.24) is 0 Å². The maximum Gasteiger partial charge on any atom is 0.306 e. The second-order valence-electron chi connectivity index (χ2n) is 20.2. The van der Waals surface area contributed by atoms with Crippen molar-refractivity contribution in [2.45, 2.75) is 309 Å². The Morgan fingerprint density at radius 2 is 0.507 bits per heavy atom. The molecule has 0 aliphatic carbocycles. The zero-order chi connectivity index (χ0) is 51.4. The van der Waals surface area contributed by atoms with E-state index < -0.39 is 6.10 Å². The molecule has 71 heavy (non-hydrogen) atoms. The molecule has 0 spiro atoms. The molecule has 410 valence electrons. The van der Waals surface area contributed by atoms with Gasteiger partial charge < -0.3 is 14.2 Å². The lowest BCUT2D eigenvalue weighted by atomic mass is 10.1. The molecular formula is C65H114O6. The normalized spacial score (nSPS) is 12.5. The highest BCUT2D eigenvalue weighted by Crippen LogP contribution is 2.15. The van der Waals surface area contributed by atoms with E-state index in [-0.39, 0.29) is 31.1 Å².